The van der Waals surface area contributed by atoms with Crippen LogP contribution >= 0.6 is 0 Å². The first-order valence-electron chi connectivity index (χ1n) is 6.51. The fourth-order valence-corrected chi connectivity index (χ4v) is 2.19. The van der Waals surface area contributed by atoms with Crippen LogP contribution < -0.4 is 0 Å². The fraction of sp³-hybridized carbons (Fsp3) is 0.923. The molecule has 4 nitrogen and oxygen atoms in total. The van der Waals surface area contributed by atoms with E-state index in [9.17, 15) is 9.90 Å². The first-order chi connectivity index (χ1) is 7.83. The molecule has 0 aromatic rings. The minimum atomic E-state index is -0.476. The van der Waals surface area contributed by atoms with Gasteiger partial charge in [-0.3, -0.25) is 0 Å². The average Bonchev–Trinajstić information content (AvgIpc) is 2.18. The van der Waals surface area contributed by atoms with Crippen molar-refractivity contribution in [1.82, 2.24) is 4.90 Å². The summed E-state index contributed by atoms with van der Waals surface area (Å²) in [4.78, 5) is 13.7. The summed E-state index contributed by atoms with van der Waals surface area (Å²) < 4.78 is 5.38. The zero-order valence-electron chi connectivity index (χ0n) is 11.4. The van der Waals surface area contributed by atoms with E-state index in [0.29, 0.717) is 6.54 Å². The van der Waals surface area contributed by atoms with Crippen molar-refractivity contribution in [3.63, 3.8) is 0 Å². The van der Waals surface area contributed by atoms with Crippen LogP contribution in [0.5, 0.6) is 0 Å². The zero-order chi connectivity index (χ0) is 13.1. The number of ether oxygens (including phenoxy) is 1. The molecule has 1 saturated heterocycles. The lowest BCUT2D eigenvalue weighted by molar-refractivity contribution is -0.0142. The predicted octanol–water partition coefficient (Wildman–Crippen LogP) is 2.55. The predicted molar refractivity (Wildman–Crippen MR) is 66.9 cm³/mol. The Hall–Kier alpha value is -0.770. The van der Waals surface area contributed by atoms with E-state index in [-0.39, 0.29) is 12.1 Å². The highest BCUT2D eigenvalue weighted by atomic mass is 16.6. The molecule has 0 bridgehead atoms. The van der Waals surface area contributed by atoms with Crippen LogP contribution in [-0.2, 0) is 4.74 Å². The van der Waals surface area contributed by atoms with E-state index >= 15 is 0 Å². The summed E-state index contributed by atoms with van der Waals surface area (Å²) in [6, 6.07) is 0.221. The summed E-state index contributed by atoms with van der Waals surface area (Å²) in [5, 5.41) is 9.66. The first kappa shape index (κ1) is 14.3. The van der Waals surface area contributed by atoms with Gasteiger partial charge < -0.3 is 14.7 Å². The number of piperidine rings is 1. The number of aliphatic hydroxyl groups excluding tert-OH is 1. The Balaban J connectivity index is 2.65. The molecule has 0 aliphatic carbocycles. The maximum absolute atomic E-state index is 12.0. The van der Waals surface area contributed by atoms with Crippen molar-refractivity contribution in [3.05, 3.63) is 0 Å². The van der Waals surface area contributed by atoms with Gasteiger partial charge in [-0.15, -0.1) is 0 Å². The largest absolute Gasteiger partial charge is 0.444 e. The quantitative estimate of drug-likeness (QED) is 0.811. The van der Waals surface area contributed by atoms with Crippen LogP contribution in [0.25, 0.3) is 0 Å². The topological polar surface area (TPSA) is 49.8 Å². The van der Waals surface area contributed by atoms with Gasteiger partial charge in [-0.2, -0.15) is 0 Å². The Morgan fingerprint density at radius 3 is 2.59 bits per heavy atom. The van der Waals surface area contributed by atoms with Gasteiger partial charge >= 0.3 is 6.09 Å². The van der Waals surface area contributed by atoms with Crippen LogP contribution in [0, 0.1) is 0 Å². The molecule has 100 valence electrons. The molecule has 1 aliphatic heterocycles. The van der Waals surface area contributed by atoms with E-state index in [1.807, 2.05) is 20.8 Å². The van der Waals surface area contributed by atoms with Crippen LogP contribution in [0.1, 0.15) is 53.4 Å². The van der Waals surface area contributed by atoms with Gasteiger partial charge in [0.25, 0.3) is 0 Å². The molecule has 0 spiro atoms. The molecule has 1 N–H and O–H groups in total. The van der Waals surface area contributed by atoms with E-state index in [4.69, 9.17) is 4.74 Å². The van der Waals surface area contributed by atoms with Gasteiger partial charge in [0.2, 0.25) is 0 Å². The number of amides is 1. The van der Waals surface area contributed by atoms with Gasteiger partial charge in [0, 0.05) is 6.04 Å². The highest BCUT2D eigenvalue weighted by Gasteiger charge is 2.32. The summed E-state index contributed by atoms with van der Waals surface area (Å²) >= 11 is 0. The van der Waals surface area contributed by atoms with Crippen molar-refractivity contribution >= 4 is 6.09 Å². The molecule has 0 unspecified atom stereocenters. The van der Waals surface area contributed by atoms with Crippen LogP contribution in [0.15, 0.2) is 0 Å². The number of nitrogens with zero attached hydrogens (tertiary/aromatic N) is 1. The first-order valence-corrected chi connectivity index (χ1v) is 6.51. The van der Waals surface area contributed by atoms with Crippen molar-refractivity contribution in [3.8, 4) is 0 Å². The SMILES string of the molecule is CCC[C@@H]1CC[C@H](O)CN1C(=O)OC(C)(C)C. The number of carbonyl (C=O) groups is 1. The molecule has 2 atom stereocenters. The molecule has 1 heterocycles. The van der Waals surface area contributed by atoms with E-state index < -0.39 is 11.7 Å². The lowest BCUT2D eigenvalue weighted by Crippen LogP contribution is -2.50. The molecule has 1 amide bonds. The molecule has 4 heteroatoms. The highest BCUT2D eigenvalue weighted by Crippen LogP contribution is 2.23. The van der Waals surface area contributed by atoms with Gasteiger partial charge in [0.05, 0.1) is 12.6 Å². The number of hydrogen-bond donors (Lipinski definition) is 1. The third-order valence-corrected chi connectivity index (χ3v) is 2.93. The van der Waals surface area contributed by atoms with Gasteiger partial charge in [0.1, 0.15) is 5.60 Å². The third kappa shape index (κ3) is 4.54. The zero-order valence-corrected chi connectivity index (χ0v) is 11.4. The molecular weight excluding hydrogens is 218 g/mol. The number of rotatable bonds is 2. The molecule has 1 rings (SSSR count). The number of aliphatic hydroxyl groups is 1. The molecule has 0 aromatic carbocycles. The minimum absolute atomic E-state index is 0.221. The monoisotopic (exact) mass is 243 g/mol. The van der Waals surface area contributed by atoms with Crippen LogP contribution in [0.2, 0.25) is 0 Å². The van der Waals surface area contributed by atoms with Crippen LogP contribution in [0.3, 0.4) is 0 Å². The maximum atomic E-state index is 12.0. The summed E-state index contributed by atoms with van der Waals surface area (Å²) in [6.45, 7) is 8.10. The smallest absolute Gasteiger partial charge is 0.410 e. The number of carbonyl (C=O) groups excluding carboxylic acids is 1. The van der Waals surface area contributed by atoms with Crippen LogP contribution in [-0.4, -0.2) is 40.4 Å². The second-order valence-electron chi connectivity index (χ2n) is 5.81. The Kier molecular flexibility index (Phi) is 4.80. The third-order valence-electron chi connectivity index (χ3n) is 2.93. The van der Waals surface area contributed by atoms with E-state index in [1.54, 1.807) is 4.90 Å². The maximum Gasteiger partial charge on any atom is 0.410 e. The lowest BCUT2D eigenvalue weighted by atomic mass is 9.97. The van der Waals surface area contributed by atoms with E-state index in [0.717, 1.165) is 25.7 Å². The Labute approximate surface area is 104 Å². The van der Waals surface area contributed by atoms with Crippen molar-refractivity contribution < 1.29 is 14.6 Å². The number of hydrogen-bond acceptors (Lipinski definition) is 3. The normalized spacial score (nSPS) is 25.8. The highest BCUT2D eigenvalue weighted by molar-refractivity contribution is 5.68. The summed E-state index contributed by atoms with van der Waals surface area (Å²) in [6.07, 6.45) is 2.97. The molecule has 1 fully saturated rings. The van der Waals surface area contributed by atoms with Gasteiger partial charge in [-0.05, 0) is 40.0 Å². The number of β-amino-alcohol motifs (C(OH)–C–C–N with tert-alkyl or cyclic N) is 1. The Morgan fingerprint density at radius 2 is 2.06 bits per heavy atom. The lowest BCUT2D eigenvalue weighted by Gasteiger charge is -2.38. The van der Waals surface area contributed by atoms with E-state index in [2.05, 4.69) is 6.92 Å². The number of likely N-dealkylation sites (tertiary alicyclic amines) is 1. The van der Waals surface area contributed by atoms with E-state index in [1.165, 1.54) is 0 Å². The van der Waals surface area contributed by atoms with Crippen molar-refractivity contribution in [1.29, 1.82) is 0 Å². The summed E-state index contributed by atoms with van der Waals surface area (Å²) in [5.74, 6) is 0. The standard InChI is InChI=1S/C13H25NO3/c1-5-6-10-7-8-11(15)9-14(10)12(16)17-13(2,3)4/h10-11,15H,5-9H2,1-4H3/t10-,11+/m1/s1. The minimum Gasteiger partial charge on any atom is -0.444 e. The van der Waals surface area contributed by atoms with Crippen molar-refractivity contribution in [2.45, 2.75) is 71.1 Å². The molecular formula is C13H25NO3. The molecule has 0 radical (unpaired) electrons. The van der Waals surface area contributed by atoms with Crippen molar-refractivity contribution in [2.24, 2.45) is 0 Å². The fourth-order valence-electron chi connectivity index (χ4n) is 2.19. The molecule has 1 aliphatic rings. The Bertz CT molecular complexity index is 260. The molecule has 17 heavy (non-hydrogen) atoms. The van der Waals surface area contributed by atoms with Crippen molar-refractivity contribution in [2.75, 3.05) is 6.54 Å². The van der Waals surface area contributed by atoms with Crippen LogP contribution in [0.4, 0.5) is 4.79 Å². The second kappa shape index (κ2) is 5.71. The molecule has 0 saturated carbocycles. The van der Waals surface area contributed by atoms with Gasteiger partial charge in [-0.25, -0.2) is 4.79 Å². The summed E-state index contributed by atoms with van der Waals surface area (Å²) in [7, 11) is 0. The molecule has 0 aromatic heterocycles. The summed E-state index contributed by atoms with van der Waals surface area (Å²) in [5.41, 5.74) is -0.476. The second-order valence-corrected chi connectivity index (χ2v) is 5.81. The Morgan fingerprint density at radius 1 is 1.41 bits per heavy atom. The average molecular weight is 243 g/mol. The van der Waals surface area contributed by atoms with Gasteiger partial charge in [0.15, 0.2) is 0 Å². The van der Waals surface area contributed by atoms with Gasteiger partial charge in [-0.1, -0.05) is 13.3 Å².